The Bertz CT molecular complexity index is 964. The zero-order valence-corrected chi connectivity index (χ0v) is 23.2. The van der Waals surface area contributed by atoms with E-state index < -0.39 is 53.1 Å². The van der Waals surface area contributed by atoms with E-state index in [1.807, 2.05) is 0 Å². The first kappa shape index (κ1) is 38.2. The van der Waals surface area contributed by atoms with Crippen molar-refractivity contribution in [2.24, 2.45) is 0 Å². The fourth-order valence-electron chi connectivity index (χ4n) is 3.60. The van der Waals surface area contributed by atoms with Crippen molar-refractivity contribution in [2.45, 2.75) is 107 Å². The van der Waals surface area contributed by atoms with E-state index in [1.54, 1.807) is 0 Å². The Kier molecular flexibility index (Phi) is 13.8. The maximum absolute atomic E-state index is 13.9. The second kappa shape index (κ2) is 15.2. The highest BCUT2D eigenvalue weighted by molar-refractivity contribution is 8.14. The predicted molar refractivity (Wildman–Crippen MR) is 131 cm³/mol. The molecule has 0 aliphatic carbocycles. The van der Waals surface area contributed by atoms with Crippen LogP contribution in [0.25, 0.3) is 0 Å². The fraction of sp³-hybridized carbons (Fsp3) is 0.731. The van der Waals surface area contributed by atoms with Gasteiger partial charge in [0.1, 0.15) is 5.75 Å². The van der Waals surface area contributed by atoms with Gasteiger partial charge < -0.3 is 4.74 Å². The van der Waals surface area contributed by atoms with Crippen LogP contribution in [-0.4, -0.2) is 53.3 Å². The summed E-state index contributed by atoms with van der Waals surface area (Å²) < 4.78 is 177. The highest BCUT2D eigenvalue weighted by Crippen LogP contribution is 2.60. The number of ether oxygens (including phenoxy) is 1. The van der Waals surface area contributed by atoms with Crippen LogP contribution in [0.1, 0.15) is 81.5 Å². The number of carbonyl (C=O) groups is 1. The van der Waals surface area contributed by atoms with Gasteiger partial charge in [0.25, 0.3) is 0 Å². The van der Waals surface area contributed by atoms with Crippen LogP contribution in [0.5, 0.6) is 5.75 Å². The topological polar surface area (TPSA) is 26.3 Å². The first-order valence-electron chi connectivity index (χ1n) is 13.0. The lowest BCUT2D eigenvalue weighted by Gasteiger charge is -2.39. The van der Waals surface area contributed by atoms with Gasteiger partial charge in [-0.25, -0.2) is 0 Å². The van der Waals surface area contributed by atoms with Gasteiger partial charge in [-0.3, -0.25) is 4.79 Å². The second-order valence-electron chi connectivity index (χ2n) is 9.59. The standard InChI is InChI=1S/C26H31F13O2S/c1-2-3-4-5-6-7-8-9-10-16-41-19-13-11-18(12-14-19)20(40)42-17-15-21(27,28)22(29,30)23(31,32)24(33,34)25(35,36)26(37,38)39/h11-14H,2-10,15-17H2,1H3. The van der Waals surface area contributed by atoms with Crippen LogP contribution in [0.3, 0.4) is 0 Å². The number of alkyl halides is 13. The van der Waals surface area contributed by atoms with E-state index in [4.69, 9.17) is 4.74 Å². The molecular weight excluding hydrogens is 623 g/mol. The Labute approximate surface area is 238 Å². The van der Waals surface area contributed by atoms with Crippen molar-refractivity contribution in [1.82, 2.24) is 0 Å². The molecule has 1 rings (SSSR count). The molecule has 42 heavy (non-hydrogen) atoms. The molecule has 16 heteroatoms. The molecule has 0 unspecified atom stereocenters. The number of unbranched alkanes of at least 4 members (excludes halogenated alkanes) is 8. The largest absolute Gasteiger partial charge is 0.494 e. The van der Waals surface area contributed by atoms with Crippen molar-refractivity contribution in [3.63, 3.8) is 0 Å². The molecule has 0 atom stereocenters. The maximum atomic E-state index is 13.9. The van der Waals surface area contributed by atoms with Crippen LogP contribution >= 0.6 is 11.8 Å². The molecule has 0 aromatic heterocycles. The van der Waals surface area contributed by atoms with E-state index in [1.165, 1.54) is 49.9 Å². The minimum atomic E-state index is -7.94. The molecule has 244 valence electrons. The smallest absolute Gasteiger partial charge is 0.460 e. The van der Waals surface area contributed by atoms with Crippen LogP contribution in [0.2, 0.25) is 0 Å². The molecule has 1 aromatic rings. The van der Waals surface area contributed by atoms with Crippen molar-refractivity contribution in [3.05, 3.63) is 29.8 Å². The van der Waals surface area contributed by atoms with Crippen LogP contribution < -0.4 is 4.74 Å². The number of halogens is 13. The molecule has 0 saturated carbocycles. The average molecular weight is 655 g/mol. The SMILES string of the molecule is CCCCCCCCCCCOc1ccc(C(=O)SCCC(F)(F)C(F)(F)C(F)(F)C(F)(F)C(F)(F)C(F)(F)F)cc1. The molecule has 0 fully saturated rings. The van der Waals surface area contributed by atoms with Gasteiger partial charge in [-0.05, 0) is 30.7 Å². The molecule has 0 bridgehead atoms. The second-order valence-corrected chi connectivity index (χ2v) is 10.7. The summed E-state index contributed by atoms with van der Waals surface area (Å²) >= 11 is -0.112. The van der Waals surface area contributed by atoms with Crippen molar-refractivity contribution in [2.75, 3.05) is 12.4 Å². The number of carbonyl (C=O) groups excluding carboxylic acids is 1. The van der Waals surface area contributed by atoms with Crippen LogP contribution in [0.15, 0.2) is 24.3 Å². The van der Waals surface area contributed by atoms with E-state index in [9.17, 15) is 61.9 Å². The first-order chi connectivity index (χ1) is 19.2. The van der Waals surface area contributed by atoms with Crippen molar-refractivity contribution in [1.29, 1.82) is 0 Å². The van der Waals surface area contributed by atoms with Crippen LogP contribution in [0.4, 0.5) is 57.1 Å². The maximum Gasteiger partial charge on any atom is 0.460 e. The molecule has 1 aromatic carbocycles. The van der Waals surface area contributed by atoms with Gasteiger partial charge in [-0.15, -0.1) is 0 Å². The highest BCUT2D eigenvalue weighted by Gasteiger charge is 2.90. The van der Waals surface area contributed by atoms with Gasteiger partial charge in [0.2, 0.25) is 5.12 Å². The summed E-state index contributed by atoms with van der Waals surface area (Å²) in [4.78, 5) is 12.1. The molecule has 0 radical (unpaired) electrons. The summed E-state index contributed by atoms with van der Waals surface area (Å²) in [6, 6.07) is 5.05. The molecule has 0 N–H and O–H groups in total. The Hall–Kier alpha value is -1.87. The summed E-state index contributed by atoms with van der Waals surface area (Å²) in [5.74, 6) is -38.1. The average Bonchev–Trinajstić information content (AvgIpc) is 2.88. The van der Waals surface area contributed by atoms with Crippen molar-refractivity contribution < 1.29 is 66.6 Å². The van der Waals surface area contributed by atoms with Crippen LogP contribution in [0, 0.1) is 0 Å². The number of hydrogen-bond donors (Lipinski definition) is 0. The molecule has 0 saturated heterocycles. The third-order valence-electron chi connectivity index (χ3n) is 6.25. The quantitative estimate of drug-likeness (QED) is 0.110. The van der Waals surface area contributed by atoms with E-state index in [-0.39, 0.29) is 17.3 Å². The summed E-state index contributed by atoms with van der Waals surface area (Å²) in [5.41, 5.74) is -0.160. The molecule has 0 aliphatic heterocycles. The molecule has 0 heterocycles. The Morgan fingerprint density at radius 1 is 0.643 bits per heavy atom. The van der Waals surface area contributed by atoms with Gasteiger partial charge in [0.15, 0.2) is 0 Å². The summed E-state index contributed by atoms with van der Waals surface area (Å²) in [7, 11) is 0. The van der Waals surface area contributed by atoms with Gasteiger partial charge in [0, 0.05) is 17.7 Å². The molecule has 0 amide bonds. The summed E-state index contributed by atoms with van der Waals surface area (Å²) in [6.45, 7) is 2.51. The third-order valence-corrected chi connectivity index (χ3v) is 7.16. The summed E-state index contributed by atoms with van der Waals surface area (Å²) in [6.07, 6.45) is -0.0353. The molecule has 0 spiro atoms. The molecule has 2 nitrogen and oxygen atoms in total. The van der Waals surface area contributed by atoms with Gasteiger partial charge in [-0.1, -0.05) is 70.1 Å². The van der Waals surface area contributed by atoms with Gasteiger partial charge in [0.05, 0.1) is 6.61 Å². The lowest BCUT2D eigenvalue weighted by atomic mass is 9.93. The zero-order valence-electron chi connectivity index (χ0n) is 22.4. The Morgan fingerprint density at radius 2 is 1.10 bits per heavy atom. The predicted octanol–water partition coefficient (Wildman–Crippen LogP) is 10.6. The van der Waals surface area contributed by atoms with E-state index in [2.05, 4.69) is 6.92 Å². The van der Waals surface area contributed by atoms with Crippen LogP contribution in [-0.2, 0) is 0 Å². The number of thioether (sulfide) groups is 1. The Balaban J connectivity index is 2.62. The number of benzene rings is 1. The third kappa shape index (κ3) is 9.07. The van der Waals surface area contributed by atoms with Gasteiger partial charge >= 0.3 is 35.8 Å². The van der Waals surface area contributed by atoms with E-state index in [0.29, 0.717) is 12.4 Å². The monoisotopic (exact) mass is 654 g/mol. The molecular formula is C26H31F13O2S. The summed E-state index contributed by atoms with van der Waals surface area (Å²) in [5, 5.41) is -1.03. The zero-order chi connectivity index (χ0) is 32.5. The van der Waals surface area contributed by atoms with E-state index >= 15 is 0 Å². The van der Waals surface area contributed by atoms with E-state index in [0.717, 1.165) is 32.1 Å². The number of hydrogen-bond acceptors (Lipinski definition) is 3. The van der Waals surface area contributed by atoms with Gasteiger partial charge in [-0.2, -0.15) is 57.1 Å². The minimum absolute atomic E-state index is 0.112. The highest BCUT2D eigenvalue weighted by atomic mass is 32.2. The van der Waals surface area contributed by atoms with Crippen molar-refractivity contribution in [3.8, 4) is 5.75 Å². The molecule has 0 aliphatic rings. The minimum Gasteiger partial charge on any atom is -0.494 e. The Morgan fingerprint density at radius 3 is 1.57 bits per heavy atom. The first-order valence-corrected chi connectivity index (χ1v) is 14.0. The normalized spacial score (nSPS) is 13.9. The number of rotatable bonds is 19. The lowest BCUT2D eigenvalue weighted by molar-refractivity contribution is -0.439. The fourth-order valence-corrected chi connectivity index (χ4v) is 4.45. The lowest BCUT2D eigenvalue weighted by Crippen LogP contribution is -2.70. The van der Waals surface area contributed by atoms with Crippen molar-refractivity contribution >= 4 is 16.9 Å².